The van der Waals surface area contributed by atoms with Crippen molar-refractivity contribution in [2.75, 3.05) is 6.54 Å². The lowest BCUT2D eigenvalue weighted by molar-refractivity contribution is 0.0944. The van der Waals surface area contributed by atoms with Crippen LogP contribution in [0.5, 0.6) is 0 Å². The first kappa shape index (κ1) is 19.9. The van der Waals surface area contributed by atoms with Gasteiger partial charge in [0.15, 0.2) is 0 Å². The SMILES string of the molecule is CC(C)c1ccc(C(N)CNC(=O)c2ccc(=O)n(C)n2)cc1.Cl. The number of nitrogens with two attached hydrogens (primary N) is 1. The normalized spacial score (nSPS) is 11.7. The Morgan fingerprint density at radius 3 is 2.29 bits per heavy atom. The number of nitrogens with one attached hydrogen (secondary N) is 1. The molecule has 1 amide bonds. The van der Waals surface area contributed by atoms with Gasteiger partial charge >= 0.3 is 0 Å². The Morgan fingerprint density at radius 1 is 1.17 bits per heavy atom. The number of nitrogens with zero attached hydrogens (tertiary/aromatic N) is 2. The number of benzene rings is 1. The molecule has 6 nitrogen and oxygen atoms in total. The molecule has 130 valence electrons. The van der Waals surface area contributed by atoms with Gasteiger partial charge in [-0.1, -0.05) is 38.1 Å². The predicted molar refractivity (Wildman–Crippen MR) is 96.5 cm³/mol. The summed E-state index contributed by atoms with van der Waals surface area (Å²) in [6, 6.07) is 10.5. The van der Waals surface area contributed by atoms with Crippen molar-refractivity contribution in [2.45, 2.75) is 25.8 Å². The Morgan fingerprint density at radius 2 is 1.75 bits per heavy atom. The van der Waals surface area contributed by atoms with Crippen molar-refractivity contribution in [1.82, 2.24) is 15.1 Å². The molecular formula is C17H23ClN4O2. The van der Waals surface area contributed by atoms with Crippen LogP contribution in [0.25, 0.3) is 0 Å². The number of aromatic nitrogens is 2. The maximum absolute atomic E-state index is 12.0. The summed E-state index contributed by atoms with van der Waals surface area (Å²) >= 11 is 0. The van der Waals surface area contributed by atoms with E-state index in [2.05, 4.69) is 36.4 Å². The van der Waals surface area contributed by atoms with Crippen LogP contribution in [0.1, 0.15) is 47.4 Å². The molecule has 0 aliphatic carbocycles. The molecule has 1 unspecified atom stereocenters. The lowest BCUT2D eigenvalue weighted by atomic mass is 9.99. The molecule has 1 atom stereocenters. The third-order valence-electron chi connectivity index (χ3n) is 3.71. The molecule has 0 spiro atoms. The van der Waals surface area contributed by atoms with Gasteiger partial charge in [0.05, 0.1) is 0 Å². The Hall–Kier alpha value is -2.18. The maximum atomic E-state index is 12.0. The number of aryl methyl sites for hydroxylation is 1. The zero-order chi connectivity index (χ0) is 17.0. The second-order valence-corrected chi connectivity index (χ2v) is 5.82. The van der Waals surface area contributed by atoms with E-state index < -0.39 is 0 Å². The van der Waals surface area contributed by atoms with Gasteiger partial charge in [-0.3, -0.25) is 9.59 Å². The summed E-state index contributed by atoms with van der Waals surface area (Å²) in [5.74, 6) is 0.116. The molecular weight excluding hydrogens is 328 g/mol. The highest BCUT2D eigenvalue weighted by Crippen LogP contribution is 2.17. The van der Waals surface area contributed by atoms with Crippen LogP contribution in [0.3, 0.4) is 0 Å². The summed E-state index contributed by atoms with van der Waals surface area (Å²) in [7, 11) is 1.50. The highest BCUT2D eigenvalue weighted by molar-refractivity contribution is 5.92. The van der Waals surface area contributed by atoms with Crippen molar-refractivity contribution in [3.8, 4) is 0 Å². The highest BCUT2D eigenvalue weighted by atomic mass is 35.5. The van der Waals surface area contributed by atoms with Gasteiger partial charge in [0.25, 0.3) is 11.5 Å². The molecule has 0 aliphatic heterocycles. The molecule has 0 aliphatic rings. The van der Waals surface area contributed by atoms with E-state index in [1.54, 1.807) is 0 Å². The van der Waals surface area contributed by atoms with Gasteiger partial charge in [-0.25, -0.2) is 4.68 Å². The average Bonchev–Trinajstić information content (AvgIpc) is 2.54. The van der Waals surface area contributed by atoms with Crippen molar-refractivity contribution < 1.29 is 4.79 Å². The molecule has 3 N–H and O–H groups in total. The van der Waals surface area contributed by atoms with Crippen LogP contribution in [0.2, 0.25) is 0 Å². The topological polar surface area (TPSA) is 90.0 Å². The Labute approximate surface area is 147 Å². The minimum absolute atomic E-state index is 0. The van der Waals surface area contributed by atoms with Crippen LogP contribution in [0, 0.1) is 0 Å². The fourth-order valence-electron chi connectivity index (χ4n) is 2.16. The zero-order valence-electron chi connectivity index (χ0n) is 14.0. The summed E-state index contributed by atoms with van der Waals surface area (Å²) in [6.45, 7) is 4.56. The van der Waals surface area contributed by atoms with E-state index in [1.807, 2.05) is 12.1 Å². The van der Waals surface area contributed by atoms with E-state index in [1.165, 1.54) is 24.7 Å². The van der Waals surface area contributed by atoms with E-state index in [-0.39, 0.29) is 35.6 Å². The smallest absolute Gasteiger partial charge is 0.271 e. The molecule has 0 bridgehead atoms. The quantitative estimate of drug-likeness (QED) is 0.859. The fraction of sp³-hybridized carbons (Fsp3) is 0.353. The molecule has 24 heavy (non-hydrogen) atoms. The summed E-state index contributed by atoms with van der Waals surface area (Å²) in [5, 5.41) is 6.65. The number of rotatable bonds is 5. The Balaban J connectivity index is 0.00000288. The van der Waals surface area contributed by atoms with E-state index >= 15 is 0 Å². The van der Waals surface area contributed by atoms with E-state index in [0.29, 0.717) is 12.5 Å². The second kappa shape index (κ2) is 8.61. The zero-order valence-corrected chi connectivity index (χ0v) is 14.8. The lowest BCUT2D eigenvalue weighted by Crippen LogP contribution is -2.33. The van der Waals surface area contributed by atoms with Gasteiger partial charge < -0.3 is 11.1 Å². The molecule has 0 radical (unpaired) electrons. The summed E-state index contributed by atoms with van der Waals surface area (Å²) < 4.78 is 1.12. The third-order valence-corrected chi connectivity index (χ3v) is 3.71. The minimum atomic E-state index is -0.352. The van der Waals surface area contributed by atoms with Gasteiger partial charge in [-0.15, -0.1) is 12.4 Å². The van der Waals surface area contributed by atoms with Gasteiger partial charge in [0, 0.05) is 25.7 Å². The average molecular weight is 351 g/mol. The van der Waals surface area contributed by atoms with Crippen molar-refractivity contribution in [1.29, 1.82) is 0 Å². The van der Waals surface area contributed by atoms with E-state index in [4.69, 9.17) is 5.73 Å². The van der Waals surface area contributed by atoms with Gasteiger partial charge in [0.1, 0.15) is 5.69 Å². The standard InChI is InChI=1S/C17H22N4O2.ClH/c1-11(2)12-4-6-13(7-5-12)14(18)10-19-17(23)15-8-9-16(22)21(3)20-15;/h4-9,11,14H,10,18H2,1-3H3,(H,19,23);1H. The maximum Gasteiger partial charge on any atom is 0.271 e. The van der Waals surface area contributed by atoms with Crippen LogP contribution in [0.15, 0.2) is 41.2 Å². The molecule has 1 heterocycles. The molecule has 1 aromatic heterocycles. The summed E-state index contributed by atoms with van der Waals surface area (Å²) in [4.78, 5) is 23.3. The predicted octanol–water partition coefficient (Wildman–Crippen LogP) is 1.76. The number of hydrogen-bond acceptors (Lipinski definition) is 4. The Kier molecular flexibility index (Phi) is 7.13. The van der Waals surface area contributed by atoms with E-state index in [0.717, 1.165) is 10.2 Å². The van der Waals surface area contributed by atoms with Gasteiger partial charge in [-0.05, 0) is 23.1 Å². The number of carbonyl (C=O) groups is 1. The van der Waals surface area contributed by atoms with Crippen LogP contribution in [-0.4, -0.2) is 22.2 Å². The van der Waals surface area contributed by atoms with Crippen LogP contribution in [0.4, 0.5) is 0 Å². The number of amides is 1. The van der Waals surface area contributed by atoms with Crippen LogP contribution >= 0.6 is 12.4 Å². The van der Waals surface area contributed by atoms with Gasteiger partial charge in [-0.2, -0.15) is 5.10 Å². The molecule has 1 aromatic carbocycles. The number of carbonyl (C=O) groups excluding carboxylic acids is 1. The van der Waals surface area contributed by atoms with Gasteiger partial charge in [0.2, 0.25) is 0 Å². The van der Waals surface area contributed by atoms with Crippen LogP contribution < -0.4 is 16.6 Å². The summed E-state index contributed by atoms with van der Waals surface area (Å²) in [6.07, 6.45) is 0. The fourth-order valence-corrected chi connectivity index (χ4v) is 2.16. The van der Waals surface area contributed by atoms with Crippen molar-refractivity contribution in [2.24, 2.45) is 12.8 Å². The molecule has 0 fully saturated rings. The van der Waals surface area contributed by atoms with Crippen molar-refractivity contribution in [3.63, 3.8) is 0 Å². The first-order valence-corrected chi connectivity index (χ1v) is 7.56. The molecule has 2 rings (SSSR count). The number of hydrogen-bond donors (Lipinski definition) is 2. The number of halogens is 1. The monoisotopic (exact) mass is 350 g/mol. The Bertz CT molecular complexity index is 741. The highest BCUT2D eigenvalue weighted by Gasteiger charge is 2.12. The molecule has 0 saturated heterocycles. The van der Waals surface area contributed by atoms with Crippen LogP contribution in [-0.2, 0) is 7.05 Å². The summed E-state index contributed by atoms with van der Waals surface area (Å²) in [5.41, 5.74) is 8.25. The van der Waals surface area contributed by atoms with E-state index in [9.17, 15) is 9.59 Å². The molecule has 2 aromatic rings. The first-order valence-electron chi connectivity index (χ1n) is 7.56. The third kappa shape index (κ3) is 4.91. The van der Waals surface area contributed by atoms with Crippen molar-refractivity contribution >= 4 is 18.3 Å². The lowest BCUT2D eigenvalue weighted by Gasteiger charge is -2.14. The molecule has 7 heteroatoms. The second-order valence-electron chi connectivity index (χ2n) is 5.82. The molecule has 0 saturated carbocycles. The first-order chi connectivity index (χ1) is 10.9. The largest absolute Gasteiger partial charge is 0.349 e. The minimum Gasteiger partial charge on any atom is -0.349 e. The van der Waals surface area contributed by atoms with Crippen molar-refractivity contribution in [3.05, 3.63) is 63.6 Å².